The van der Waals surface area contributed by atoms with Gasteiger partial charge in [-0.25, -0.2) is 13.4 Å². The van der Waals surface area contributed by atoms with Crippen molar-refractivity contribution in [3.05, 3.63) is 68.7 Å². The van der Waals surface area contributed by atoms with Crippen LogP contribution in [0.1, 0.15) is 5.82 Å². The molecule has 2 aromatic carbocycles. The van der Waals surface area contributed by atoms with Gasteiger partial charge in [-0.15, -0.1) is 0 Å². The molecule has 0 radical (unpaired) electrons. The molecular formula is C19H18Cl2N4O3S. The van der Waals surface area contributed by atoms with Crippen molar-refractivity contribution in [2.75, 3.05) is 26.2 Å². The van der Waals surface area contributed by atoms with E-state index in [1.165, 1.54) is 16.4 Å². The third kappa shape index (κ3) is 4.04. The number of hydrogen-bond donors (Lipinski definition) is 1. The maximum Gasteiger partial charge on any atom is 0.258 e. The topological polar surface area (TPSA) is 86.4 Å². The van der Waals surface area contributed by atoms with E-state index in [0.29, 0.717) is 49.5 Å². The van der Waals surface area contributed by atoms with E-state index >= 15 is 0 Å². The molecule has 0 saturated carbocycles. The standard InChI is InChI=1S/C19H18Cl2N4O3S/c20-14-5-3-6-15(21)18(14)29(27,28)25-10-8-24(9-11-25)12-17-22-16-7-2-1-4-13(16)19(26)23-17/h1-7H,8-12H2,(H,22,23,26). The first-order valence-corrected chi connectivity index (χ1v) is 11.2. The smallest absolute Gasteiger partial charge is 0.258 e. The highest BCUT2D eigenvalue weighted by atomic mass is 35.5. The second kappa shape index (κ2) is 8.04. The number of halogens is 2. The number of H-pyrrole nitrogens is 1. The Hall–Kier alpha value is -1.97. The summed E-state index contributed by atoms with van der Waals surface area (Å²) in [4.78, 5) is 21.5. The van der Waals surface area contributed by atoms with Gasteiger partial charge in [0.05, 0.1) is 27.5 Å². The molecule has 2 heterocycles. The Labute approximate surface area is 177 Å². The van der Waals surface area contributed by atoms with Gasteiger partial charge in [0.15, 0.2) is 0 Å². The number of fused-ring (bicyclic) bond motifs is 1. The Morgan fingerprint density at radius 2 is 1.62 bits per heavy atom. The summed E-state index contributed by atoms with van der Waals surface area (Å²) in [6.45, 7) is 2.01. The number of aromatic amines is 1. The summed E-state index contributed by atoms with van der Waals surface area (Å²) in [6, 6.07) is 11.8. The van der Waals surface area contributed by atoms with E-state index in [4.69, 9.17) is 23.2 Å². The fourth-order valence-electron chi connectivity index (χ4n) is 3.41. The summed E-state index contributed by atoms with van der Waals surface area (Å²) in [5.41, 5.74) is 0.459. The zero-order chi connectivity index (χ0) is 20.6. The van der Waals surface area contributed by atoms with Crippen LogP contribution in [0.25, 0.3) is 10.9 Å². The van der Waals surface area contributed by atoms with Crippen molar-refractivity contribution in [2.24, 2.45) is 0 Å². The zero-order valence-electron chi connectivity index (χ0n) is 15.3. The molecule has 1 aromatic heterocycles. The molecule has 152 valence electrons. The Balaban J connectivity index is 1.48. The third-order valence-corrected chi connectivity index (χ3v) is 7.74. The molecule has 0 bridgehead atoms. The van der Waals surface area contributed by atoms with Gasteiger partial charge >= 0.3 is 0 Å². The lowest BCUT2D eigenvalue weighted by Crippen LogP contribution is -2.48. The van der Waals surface area contributed by atoms with Gasteiger partial charge in [0.25, 0.3) is 5.56 Å². The Kier molecular flexibility index (Phi) is 5.63. The van der Waals surface area contributed by atoms with Crippen LogP contribution in [0.4, 0.5) is 0 Å². The molecule has 29 heavy (non-hydrogen) atoms. The number of para-hydroxylation sites is 1. The summed E-state index contributed by atoms with van der Waals surface area (Å²) < 4.78 is 27.3. The highest BCUT2D eigenvalue weighted by Crippen LogP contribution is 2.31. The molecule has 0 unspecified atom stereocenters. The quantitative estimate of drug-likeness (QED) is 0.657. The van der Waals surface area contributed by atoms with Crippen molar-refractivity contribution >= 4 is 44.1 Å². The van der Waals surface area contributed by atoms with Gasteiger partial charge in [-0.3, -0.25) is 9.69 Å². The lowest BCUT2D eigenvalue weighted by molar-refractivity contribution is 0.178. The maximum atomic E-state index is 13.0. The van der Waals surface area contributed by atoms with E-state index in [2.05, 4.69) is 9.97 Å². The van der Waals surface area contributed by atoms with E-state index in [1.54, 1.807) is 24.3 Å². The number of nitrogens with one attached hydrogen (secondary N) is 1. The molecule has 7 nitrogen and oxygen atoms in total. The molecule has 0 atom stereocenters. The number of aromatic nitrogens is 2. The summed E-state index contributed by atoms with van der Waals surface area (Å²) >= 11 is 12.2. The molecule has 3 aromatic rings. The molecule has 1 aliphatic heterocycles. The maximum absolute atomic E-state index is 13.0. The predicted molar refractivity (Wildman–Crippen MR) is 113 cm³/mol. The molecule has 1 aliphatic rings. The van der Waals surface area contributed by atoms with Gasteiger partial charge in [-0.2, -0.15) is 4.31 Å². The van der Waals surface area contributed by atoms with Gasteiger partial charge in [-0.1, -0.05) is 41.4 Å². The molecule has 10 heteroatoms. The lowest BCUT2D eigenvalue weighted by Gasteiger charge is -2.33. The number of benzene rings is 2. The highest BCUT2D eigenvalue weighted by Gasteiger charge is 2.32. The molecule has 4 rings (SSSR count). The van der Waals surface area contributed by atoms with Crippen LogP contribution in [0.3, 0.4) is 0 Å². The molecule has 1 fully saturated rings. The molecule has 1 N–H and O–H groups in total. The first-order chi connectivity index (χ1) is 13.9. The average Bonchev–Trinajstić information content (AvgIpc) is 2.68. The van der Waals surface area contributed by atoms with E-state index in [0.717, 1.165) is 0 Å². The summed E-state index contributed by atoms with van der Waals surface area (Å²) in [6.07, 6.45) is 0. The van der Waals surface area contributed by atoms with Crippen LogP contribution in [0.15, 0.2) is 52.2 Å². The van der Waals surface area contributed by atoms with E-state index in [1.807, 2.05) is 11.0 Å². The Morgan fingerprint density at radius 3 is 2.31 bits per heavy atom. The van der Waals surface area contributed by atoms with Crippen LogP contribution in [-0.2, 0) is 16.6 Å². The van der Waals surface area contributed by atoms with Gasteiger partial charge in [0.2, 0.25) is 10.0 Å². The number of rotatable bonds is 4. The molecular weight excluding hydrogens is 435 g/mol. The summed E-state index contributed by atoms with van der Waals surface area (Å²) in [5.74, 6) is 0.555. The number of sulfonamides is 1. The van der Waals surface area contributed by atoms with Crippen LogP contribution in [0.5, 0.6) is 0 Å². The van der Waals surface area contributed by atoms with Crippen molar-refractivity contribution in [3.8, 4) is 0 Å². The van der Waals surface area contributed by atoms with Gasteiger partial charge in [-0.05, 0) is 24.3 Å². The monoisotopic (exact) mass is 452 g/mol. The van der Waals surface area contributed by atoms with E-state index in [9.17, 15) is 13.2 Å². The van der Waals surface area contributed by atoms with Crippen molar-refractivity contribution in [3.63, 3.8) is 0 Å². The second-order valence-electron chi connectivity index (χ2n) is 6.76. The largest absolute Gasteiger partial charge is 0.309 e. The minimum Gasteiger partial charge on any atom is -0.309 e. The van der Waals surface area contributed by atoms with Crippen molar-refractivity contribution in [1.29, 1.82) is 0 Å². The molecule has 0 aliphatic carbocycles. The van der Waals surface area contributed by atoms with Gasteiger partial charge in [0.1, 0.15) is 10.7 Å². The fourth-order valence-corrected chi connectivity index (χ4v) is 5.92. The Morgan fingerprint density at radius 1 is 0.966 bits per heavy atom. The SMILES string of the molecule is O=c1[nH]c(CN2CCN(S(=O)(=O)c3c(Cl)cccc3Cl)CC2)nc2ccccc12. The molecule has 0 amide bonds. The van der Waals surface area contributed by atoms with Crippen LogP contribution in [0, 0.1) is 0 Å². The highest BCUT2D eigenvalue weighted by molar-refractivity contribution is 7.89. The van der Waals surface area contributed by atoms with Gasteiger partial charge in [0, 0.05) is 26.2 Å². The first kappa shape index (κ1) is 20.3. The van der Waals surface area contributed by atoms with Gasteiger partial charge < -0.3 is 4.98 Å². The summed E-state index contributed by atoms with van der Waals surface area (Å²) in [7, 11) is -3.79. The minimum atomic E-state index is -3.79. The van der Waals surface area contributed by atoms with Crippen LogP contribution < -0.4 is 5.56 Å². The predicted octanol–water partition coefficient (Wildman–Crippen LogP) is 2.74. The fraction of sp³-hybridized carbons (Fsp3) is 0.263. The third-order valence-electron chi connectivity index (χ3n) is 4.88. The number of nitrogens with zero attached hydrogens (tertiary/aromatic N) is 3. The van der Waals surface area contributed by atoms with Crippen LogP contribution in [-0.4, -0.2) is 53.8 Å². The number of hydrogen-bond acceptors (Lipinski definition) is 5. The first-order valence-electron chi connectivity index (χ1n) is 9.01. The second-order valence-corrected chi connectivity index (χ2v) is 9.45. The summed E-state index contributed by atoms with van der Waals surface area (Å²) in [5, 5.41) is 0.763. The molecule has 1 saturated heterocycles. The zero-order valence-corrected chi connectivity index (χ0v) is 17.6. The van der Waals surface area contributed by atoms with Crippen LogP contribution >= 0.6 is 23.2 Å². The van der Waals surface area contributed by atoms with Crippen molar-refractivity contribution < 1.29 is 8.42 Å². The van der Waals surface area contributed by atoms with Crippen molar-refractivity contribution in [2.45, 2.75) is 11.4 Å². The van der Waals surface area contributed by atoms with Crippen LogP contribution in [0.2, 0.25) is 10.0 Å². The molecule has 0 spiro atoms. The van der Waals surface area contributed by atoms with Crippen molar-refractivity contribution in [1.82, 2.24) is 19.2 Å². The van der Waals surface area contributed by atoms with E-state index < -0.39 is 10.0 Å². The van der Waals surface area contributed by atoms with E-state index in [-0.39, 0.29) is 20.5 Å². The Bertz CT molecular complexity index is 1200. The number of piperazine rings is 1. The normalized spacial score (nSPS) is 16.3. The lowest BCUT2D eigenvalue weighted by atomic mass is 10.2. The average molecular weight is 453 g/mol. The minimum absolute atomic E-state index is 0.0580.